The number of nitrogens with zero attached hydrogens (tertiary/aromatic N) is 3. The van der Waals surface area contributed by atoms with Gasteiger partial charge in [-0.15, -0.1) is 23.7 Å². The number of aromatic nitrogens is 1. The van der Waals surface area contributed by atoms with Gasteiger partial charge < -0.3 is 9.64 Å². The van der Waals surface area contributed by atoms with Crippen LogP contribution in [0.15, 0.2) is 24.3 Å². The Labute approximate surface area is 194 Å². The zero-order valence-electron chi connectivity index (χ0n) is 16.3. The maximum atomic E-state index is 13.3. The number of halogens is 3. The van der Waals surface area contributed by atoms with Crippen molar-refractivity contribution in [3.8, 4) is 5.75 Å². The molecule has 5 nitrogen and oxygen atoms in total. The number of benzene rings is 1. The second kappa shape index (κ2) is 10.8. The first-order chi connectivity index (χ1) is 13.4. The fraction of sp³-hybridized carbons (Fsp3) is 0.368. The van der Waals surface area contributed by atoms with Crippen LogP contribution >= 0.6 is 58.3 Å². The van der Waals surface area contributed by atoms with Gasteiger partial charge in [0.15, 0.2) is 5.13 Å². The van der Waals surface area contributed by atoms with E-state index in [0.717, 1.165) is 28.9 Å². The molecule has 3 rings (SSSR count). The van der Waals surface area contributed by atoms with Gasteiger partial charge in [-0.25, -0.2) is 4.98 Å². The number of hydrogen-bond acceptors (Lipinski definition) is 6. The van der Waals surface area contributed by atoms with Crippen LogP contribution < -0.4 is 9.64 Å². The minimum absolute atomic E-state index is 0. The highest BCUT2D eigenvalue weighted by Crippen LogP contribution is 2.37. The molecule has 2 heterocycles. The summed E-state index contributed by atoms with van der Waals surface area (Å²) in [7, 11) is 4.02. The zero-order chi connectivity index (χ0) is 20.3. The summed E-state index contributed by atoms with van der Waals surface area (Å²) in [6, 6.07) is 7.43. The van der Waals surface area contributed by atoms with Crippen molar-refractivity contribution in [3.63, 3.8) is 0 Å². The summed E-state index contributed by atoms with van der Waals surface area (Å²) >= 11 is 15.0. The molecule has 0 atom stereocenters. The van der Waals surface area contributed by atoms with E-state index in [1.165, 1.54) is 22.7 Å². The summed E-state index contributed by atoms with van der Waals surface area (Å²) < 4.78 is 7.55. The standard InChI is InChI=1S/C19H21Cl2N3O2S2.ClH/c1-4-26-13-7-5-8-14-16(13)22-19(27-14)24(10-6-9-23(2)3)18(25)12-11-15(20)28-17(12)21;/h5,7-8,11H,4,6,9-10H2,1-3H3;1H. The summed E-state index contributed by atoms with van der Waals surface area (Å²) in [6.45, 7) is 3.88. The number of para-hydroxylation sites is 1. The number of thiazole rings is 1. The lowest BCUT2D eigenvalue weighted by atomic mass is 10.2. The Kier molecular flexibility index (Phi) is 9.00. The molecule has 2 aromatic heterocycles. The monoisotopic (exact) mass is 493 g/mol. The van der Waals surface area contributed by atoms with Crippen LogP contribution in [0.3, 0.4) is 0 Å². The smallest absolute Gasteiger partial charge is 0.262 e. The highest BCUT2D eigenvalue weighted by molar-refractivity contribution is 7.22. The van der Waals surface area contributed by atoms with E-state index in [9.17, 15) is 4.79 Å². The quantitative estimate of drug-likeness (QED) is 0.380. The van der Waals surface area contributed by atoms with Gasteiger partial charge in [-0.3, -0.25) is 9.69 Å². The van der Waals surface area contributed by atoms with Gasteiger partial charge in [-0.2, -0.15) is 0 Å². The van der Waals surface area contributed by atoms with E-state index in [0.29, 0.717) is 32.5 Å². The topological polar surface area (TPSA) is 45.7 Å². The van der Waals surface area contributed by atoms with Gasteiger partial charge in [-0.1, -0.05) is 40.6 Å². The lowest BCUT2D eigenvalue weighted by Crippen LogP contribution is -2.33. The number of fused-ring (bicyclic) bond motifs is 1. The average molecular weight is 495 g/mol. The first kappa shape index (κ1) is 24.2. The Morgan fingerprint density at radius 1 is 1.21 bits per heavy atom. The minimum atomic E-state index is -0.191. The number of ether oxygens (including phenoxy) is 1. The van der Waals surface area contributed by atoms with Gasteiger partial charge in [-0.05, 0) is 52.2 Å². The summed E-state index contributed by atoms with van der Waals surface area (Å²) in [4.78, 5) is 21.8. The molecule has 0 fully saturated rings. The SMILES string of the molecule is CCOc1cccc2sc(N(CCCN(C)C)C(=O)c3cc(Cl)sc3Cl)nc12.Cl. The van der Waals surface area contributed by atoms with Gasteiger partial charge >= 0.3 is 0 Å². The molecule has 0 saturated heterocycles. The molecule has 0 aliphatic rings. The third kappa shape index (κ3) is 5.75. The largest absolute Gasteiger partial charge is 0.492 e. The third-order valence-electron chi connectivity index (χ3n) is 4.02. The number of thiophene rings is 1. The van der Waals surface area contributed by atoms with E-state index in [4.69, 9.17) is 32.9 Å². The molecule has 0 unspecified atom stereocenters. The molecule has 10 heteroatoms. The van der Waals surface area contributed by atoms with Crippen LogP contribution in [-0.2, 0) is 0 Å². The Morgan fingerprint density at radius 2 is 1.97 bits per heavy atom. The molecule has 0 saturated carbocycles. The van der Waals surface area contributed by atoms with Crippen LogP contribution in [-0.4, -0.2) is 49.6 Å². The molecule has 29 heavy (non-hydrogen) atoms. The van der Waals surface area contributed by atoms with E-state index in [1.54, 1.807) is 11.0 Å². The molecular weight excluding hydrogens is 473 g/mol. The summed E-state index contributed by atoms with van der Waals surface area (Å²) in [5.74, 6) is 0.531. The Morgan fingerprint density at radius 3 is 2.59 bits per heavy atom. The van der Waals surface area contributed by atoms with E-state index in [-0.39, 0.29) is 18.3 Å². The molecule has 1 aromatic carbocycles. The first-order valence-corrected chi connectivity index (χ1v) is 11.2. The van der Waals surface area contributed by atoms with E-state index in [1.807, 2.05) is 39.2 Å². The van der Waals surface area contributed by atoms with Crippen LogP contribution in [0.1, 0.15) is 23.7 Å². The number of carbonyl (C=O) groups is 1. The first-order valence-electron chi connectivity index (χ1n) is 8.84. The predicted octanol–water partition coefficient (Wildman–Crippen LogP) is 6.08. The van der Waals surface area contributed by atoms with E-state index >= 15 is 0 Å². The predicted molar refractivity (Wildman–Crippen MR) is 127 cm³/mol. The summed E-state index contributed by atoms with van der Waals surface area (Å²) in [5.41, 5.74) is 1.18. The molecule has 0 radical (unpaired) electrons. The van der Waals surface area contributed by atoms with Gasteiger partial charge in [0.05, 0.1) is 21.2 Å². The van der Waals surface area contributed by atoms with Crippen LogP contribution in [0, 0.1) is 0 Å². The van der Waals surface area contributed by atoms with Crippen molar-refractivity contribution < 1.29 is 9.53 Å². The van der Waals surface area contributed by atoms with E-state index < -0.39 is 0 Å². The second-order valence-electron chi connectivity index (χ2n) is 6.38. The third-order valence-corrected chi connectivity index (χ3v) is 6.55. The summed E-state index contributed by atoms with van der Waals surface area (Å²) in [5, 5.41) is 0.629. The van der Waals surface area contributed by atoms with Crippen molar-refractivity contribution in [1.29, 1.82) is 0 Å². The van der Waals surface area contributed by atoms with Crippen LogP contribution in [0.5, 0.6) is 5.75 Å². The highest BCUT2D eigenvalue weighted by atomic mass is 35.5. The molecule has 0 N–H and O–H groups in total. The van der Waals surface area contributed by atoms with Crippen molar-refractivity contribution >= 4 is 79.5 Å². The minimum Gasteiger partial charge on any atom is -0.492 e. The number of anilines is 1. The van der Waals surface area contributed by atoms with Crippen molar-refractivity contribution in [1.82, 2.24) is 9.88 Å². The maximum Gasteiger partial charge on any atom is 0.262 e. The van der Waals surface area contributed by atoms with Crippen molar-refractivity contribution in [2.75, 3.05) is 38.7 Å². The highest BCUT2D eigenvalue weighted by Gasteiger charge is 2.25. The lowest BCUT2D eigenvalue weighted by molar-refractivity contribution is 0.0986. The Bertz CT molecular complexity index is 975. The fourth-order valence-corrected chi connectivity index (χ4v) is 5.22. The number of carbonyl (C=O) groups excluding carboxylic acids is 1. The van der Waals surface area contributed by atoms with Crippen LogP contribution in [0.25, 0.3) is 10.2 Å². The molecule has 0 bridgehead atoms. The summed E-state index contributed by atoms with van der Waals surface area (Å²) in [6.07, 6.45) is 0.808. The van der Waals surface area contributed by atoms with Crippen molar-refractivity contribution in [2.45, 2.75) is 13.3 Å². The normalized spacial score (nSPS) is 11.0. The molecule has 1 amide bonds. The fourth-order valence-electron chi connectivity index (χ4n) is 2.76. The van der Waals surface area contributed by atoms with Crippen molar-refractivity contribution in [2.24, 2.45) is 0 Å². The zero-order valence-corrected chi connectivity index (χ0v) is 20.2. The van der Waals surface area contributed by atoms with Gasteiger partial charge in [0.1, 0.15) is 15.6 Å². The molecular formula is C19H22Cl3N3O2S2. The Balaban J connectivity index is 0.00000300. The average Bonchev–Trinajstić information content (AvgIpc) is 3.21. The Hall–Kier alpha value is -1.09. The lowest BCUT2D eigenvalue weighted by Gasteiger charge is -2.20. The molecule has 0 spiro atoms. The van der Waals surface area contributed by atoms with Gasteiger partial charge in [0.25, 0.3) is 5.91 Å². The van der Waals surface area contributed by atoms with Gasteiger partial charge in [0, 0.05) is 6.54 Å². The second-order valence-corrected chi connectivity index (χ2v) is 9.68. The number of amides is 1. The van der Waals surface area contributed by atoms with Gasteiger partial charge in [0.2, 0.25) is 0 Å². The molecule has 158 valence electrons. The van der Waals surface area contributed by atoms with Crippen molar-refractivity contribution in [3.05, 3.63) is 38.5 Å². The maximum absolute atomic E-state index is 13.3. The van der Waals surface area contributed by atoms with E-state index in [2.05, 4.69) is 4.90 Å². The number of hydrogen-bond donors (Lipinski definition) is 0. The molecule has 0 aliphatic heterocycles. The molecule has 3 aromatic rings. The molecule has 0 aliphatic carbocycles. The number of rotatable bonds is 8. The van der Waals surface area contributed by atoms with Crippen LogP contribution in [0.4, 0.5) is 5.13 Å². The van der Waals surface area contributed by atoms with Crippen LogP contribution in [0.2, 0.25) is 8.67 Å².